The second-order valence-corrected chi connectivity index (χ2v) is 5.01. The van der Waals surface area contributed by atoms with Gasteiger partial charge in [0.2, 0.25) is 0 Å². The first kappa shape index (κ1) is 17.7. The van der Waals surface area contributed by atoms with E-state index in [1.165, 1.54) is 0 Å². The summed E-state index contributed by atoms with van der Waals surface area (Å²) < 4.78 is 11.1. The van der Waals surface area contributed by atoms with Gasteiger partial charge in [0.15, 0.2) is 0 Å². The van der Waals surface area contributed by atoms with Crippen molar-refractivity contribution in [3.63, 3.8) is 0 Å². The monoisotopic (exact) mass is 324 g/mol. The van der Waals surface area contributed by atoms with Crippen LogP contribution in [-0.4, -0.2) is 38.7 Å². The lowest BCUT2D eigenvalue weighted by Gasteiger charge is -2.06. The Labute approximate surface area is 143 Å². The maximum absolute atomic E-state index is 5.57. The molecule has 0 saturated heterocycles. The smallest absolute Gasteiger partial charge is 0.128 e. The van der Waals surface area contributed by atoms with Crippen LogP contribution >= 0.6 is 0 Å². The van der Waals surface area contributed by atoms with Crippen molar-refractivity contribution in [2.75, 3.05) is 26.3 Å². The van der Waals surface area contributed by atoms with Crippen LogP contribution in [0.5, 0.6) is 11.5 Å². The molecule has 0 N–H and O–H groups in total. The highest BCUT2D eigenvalue weighted by atomic mass is 16.5. The van der Waals surface area contributed by atoms with Crippen LogP contribution in [0.2, 0.25) is 0 Å². The van der Waals surface area contributed by atoms with Crippen LogP contribution < -0.4 is 9.47 Å². The van der Waals surface area contributed by atoms with E-state index in [-0.39, 0.29) is 0 Å². The van der Waals surface area contributed by atoms with E-state index in [4.69, 9.17) is 9.47 Å². The highest BCUT2D eigenvalue weighted by Gasteiger charge is 1.99. The van der Waals surface area contributed by atoms with Gasteiger partial charge in [-0.3, -0.25) is 9.98 Å². The number of nitrogens with zero attached hydrogens (tertiary/aromatic N) is 2. The molecule has 0 radical (unpaired) electrons. The molecule has 126 valence electrons. The number of rotatable bonds is 9. The van der Waals surface area contributed by atoms with Gasteiger partial charge in [-0.25, -0.2) is 0 Å². The van der Waals surface area contributed by atoms with Gasteiger partial charge in [0, 0.05) is 23.6 Å². The molecule has 0 fully saturated rings. The van der Waals surface area contributed by atoms with E-state index in [0.717, 1.165) is 22.6 Å². The van der Waals surface area contributed by atoms with Crippen LogP contribution in [0.4, 0.5) is 0 Å². The van der Waals surface area contributed by atoms with Gasteiger partial charge in [-0.1, -0.05) is 24.3 Å². The second-order valence-electron chi connectivity index (χ2n) is 5.01. The van der Waals surface area contributed by atoms with Crippen molar-refractivity contribution >= 4 is 12.4 Å². The average Bonchev–Trinajstić information content (AvgIpc) is 2.61. The minimum atomic E-state index is 0.633. The van der Waals surface area contributed by atoms with E-state index < -0.39 is 0 Å². The summed E-state index contributed by atoms with van der Waals surface area (Å²) in [6, 6.07) is 15.8. The van der Waals surface area contributed by atoms with Crippen LogP contribution in [0.3, 0.4) is 0 Å². The van der Waals surface area contributed by atoms with Crippen molar-refractivity contribution in [2.45, 2.75) is 13.8 Å². The Morgan fingerprint density at radius 2 is 1.12 bits per heavy atom. The summed E-state index contributed by atoms with van der Waals surface area (Å²) in [5.41, 5.74) is 1.98. The standard InChI is InChI=1S/C20H24N2O2/c1-3-23-19-11-7-5-9-17(19)15-21-13-14-22-16-18-10-6-8-12-20(18)24-4-2/h5-12,15-16H,3-4,13-14H2,1-2H3. The molecule has 0 bridgehead atoms. The van der Waals surface area contributed by atoms with Crippen molar-refractivity contribution in [2.24, 2.45) is 9.98 Å². The molecule has 2 aromatic rings. The van der Waals surface area contributed by atoms with Crippen molar-refractivity contribution in [3.05, 3.63) is 59.7 Å². The molecule has 0 aliphatic carbocycles. The Morgan fingerprint density at radius 3 is 1.54 bits per heavy atom. The molecule has 0 amide bonds. The molecule has 0 saturated carbocycles. The Kier molecular flexibility index (Phi) is 7.54. The van der Waals surface area contributed by atoms with Gasteiger partial charge < -0.3 is 9.47 Å². The predicted octanol–water partition coefficient (Wildman–Crippen LogP) is 4.02. The topological polar surface area (TPSA) is 43.2 Å². The molecule has 2 rings (SSSR count). The van der Waals surface area contributed by atoms with Gasteiger partial charge in [0.1, 0.15) is 11.5 Å². The van der Waals surface area contributed by atoms with Crippen LogP contribution in [0.1, 0.15) is 25.0 Å². The minimum absolute atomic E-state index is 0.633. The van der Waals surface area contributed by atoms with Crippen molar-refractivity contribution in [3.8, 4) is 11.5 Å². The van der Waals surface area contributed by atoms with Crippen LogP contribution in [-0.2, 0) is 0 Å². The minimum Gasteiger partial charge on any atom is -0.493 e. The molecule has 0 aromatic heterocycles. The maximum atomic E-state index is 5.57. The van der Waals surface area contributed by atoms with E-state index in [2.05, 4.69) is 9.98 Å². The zero-order valence-electron chi connectivity index (χ0n) is 14.3. The molecule has 0 aliphatic rings. The quantitative estimate of drug-likeness (QED) is 0.516. The third-order valence-electron chi connectivity index (χ3n) is 3.26. The molecule has 0 aliphatic heterocycles. The van der Waals surface area contributed by atoms with E-state index in [1.54, 1.807) is 0 Å². The molecule has 0 heterocycles. The molecule has 4 heteroatoms. The van der Waals surface area contributed by atoms with E-state index in [0.29, 0.717) is 26.3 Å². The SMILES string of the molecule is CCOc1ccccc1C=NCCN=Cc1ccccc1OCC. The van der Waals surface area contributed by atoms with Crippen LogP contribution in [0.25, 0.3) is 0 Å². The first-order chi connectivity index (χ1) is 11.8. The lowest BCUT2D eigenvalue weighted by Crippen LogP contribution is -1.97. The Hall–Kier alpha value is -2.62. The van der Waals surface area contributed by atoms with Crippen LogP contribution in [0.15, 0.2) is 58.5 Å². The zero-order valence-corrected chi connectivity index (χ0v) is 14.3. The van der Waals surface area contributed by atoms with Crippen molar-refractivity contribution in [1.82, 2.24) is 0 Å². The zero-order chi connectivity index (χ0) is 17.0. The fraction of sp³-hybridized carbons (Fsp3) is 0.300. The van der Waals surface area contributed by atoms with E-state index in [1.807, 2.05) is 74.8 Å². The largest absolute Gasteiger partial charge is 0.493 e. The third-order valence-corrected chi connectivity index (χ3v) is 3.26. The lowest BCUT2D eigenvalue weighted by molar-refractivity contribution is 0.339. The molecule has 0 spiro atoms. The van der Waals surface area contributed by atoms with Gasteiger partial charge in [-0.2, -0.15) is 0 Å². The summed E-state index contributed by atoms with van der Waals surface area (Å²) in [5, 5.41) is 0. The maximum Gasteiger partial charge on any atom is 0.128 e. The number of benzene rings is 2. The summed E-state index contributed by atoms with van der Waals surface area (Å²) in [5.74, 6) is 1.72. The highest BCUT2D eigenvalue weighted by Crippen LogP contribution is 2.16. The summed E-state index contributed by atoms with van der Waals surface area (Å²) in [6.07, 6.45) is 3.68. The number of hydrogen-bond donors (Lipinski definition) is 0. The van der Waals surface area contributed by atoms with Crippen molar-refractivity contribution < 1.29 is 9.47 Å². The Bertz CT molecular complexity index is 621. The van der Waals surface area contributed by atoms with Crippen LogP contribution in [0, 0.1) is 0 Å². The Balaban J connectivity index is 1.87. The van der Waals surface area contributed by atoms with Gasteiger partial charge in [-0.05, 0) is 38.1 Å². The van der Waals surface area contributed by atoms with Gasteiger partial charge >= 0.3 is 0 Å². The molecule has 2 aromatic carbocycles. The van der Waals surface area contributed by atoms with E-state index >= 15 is 0 Å². The molecule has 4 nitrogen and oxygen atoms in total. The van der Waals surface area contributed by atoms with Crippen molar-refractivity contribution in [1.29, 1.82) is 0 Å². The average molecular weight is 324 g/mol. The molecule has 24 heavy (non-hydrogen) atoms. The number of ether oxygens (including phenoxy) is 2. The first-order valence-electron chi connectivity index (χ1n) is 8.28. The normalized spacial score (nSPS) is 11.2. The predicted molar refractivity (Wildman–Crippen MR) is 100 cm³/mol. The molecular weight excluding hydrogens is 300 g/mol. The molecular formula is C20H24N2O2. The summed E-state index contributed by atoms with van der Waals surface area (Å²) >= 11 is 0. The van der Waals surface area contributed by atoms with Gasteiger partial charge in [-0.15, -0.1) is 0 Å². The molecule has 0 unspecified atom stereocenters. The number of hydrogen-bond acceptors (Lipinski definition) is 4. The van der Waals surface area contributed by atoms with E-state index in [9.17, 15) is 0 Å². The highest BCUT2D eigenvalue weighted by molar-refractivity contribution is 5.84. The van der Waals surface area contributed by atoms with Gasteiger partial charge in [0.25, 0.3) is 0 Å². The molecule has 0 atom stereocenters. The fourth-order valence-corrected chi connectivity index (χ4v) is 2.19. The third kappa shape index (κ3) is 5.54. The first-order valence-corrected chi connectivity index (χ1v) is 8.28. The van der Waals surface area contributed by atoms with Gasteiger partial charge in [0.05, 0.1) is 26.3 Å². The fourth-order valence-electron chi connectivity index (χ4n) is 2.19. The summed E-state index contributed by atoms with van der Waals surface area (Å²) in [7, 11) is 0. The lowest BCUT2D eigenvalue weighted by atomic mass is 10.2. The summed E-state index contributed by atoms with van der Waals surface area (Å²) in [4.78, 5) is 8.85. The second kappa shape index (κ2) is 10.2. The number of para-hydroxylation sites is 2. The summed E-state index contributed by atoms with van der Waals surface area (Å²) in [6.45, 7) is 6.51. The Morgan fingerprint density at radius 1 is 0.708 bits per heavy atom. The number of aliphatic imine (C=N–C) groups is 2.